The zero-order chi connectivity index (χ0) is 21.9. The monoisotopic (exact) mass is 407 g/mol. The van der Waals surface area contributed by atoms with Crippen molar-refractivity contribution in [2.45, 2.75) is 64.1 Å². The van der Waals surface area contributed by atoms with E-state index in [1.807, 2.05) is 63.2 Å². The van der Waals surface area contributed by atoms with Crippen LogP contribution in [0.15, 0.2) is 54.6 Å². The summed E-state index contributed by atoms with van der Waals surface area (Å²) >= 11 is 0. The molecule has 5 heteroatoms. The fourth-order valence-corrected chi connectivity index (χ4v) is 4.36. The van der Waals surface area contributed by atoms with Crippen LogP contribution in [-0.4, -0.2) is 34.8 Å². The number of amides is 2. The number of carbonyl (C=O) groups is 2. The summed E-state index contributed by atoms with van der Waals surface area (Å²) in [6.45, 7) is 7.90. The average Bonchev–Trinajstić information content (AvgIpc) is 2.79. The van der Waals surface area contributed by atoms with Gasteiger partial charge in [0.15, 0.2) is 0 Å². The fraction of sp³-hybridized carbons (Fsp3) is 0.440. The Hall–Kier alpha value is -2.66. The quantitative estimate of drug-likeness (QED) is 0.812. The lowest BCUT2D eigenvalue weighted by molar-refractivity contribution is -0.139. The van der Waals surface area contributed by atoms with Crippen LogP contribution in [0.5, 0.6) is 0 Å². The van der Waals surface area contributed by atoms with E-state index >= 15 is 0 Å². The highest BCUT2D eigenvalue weighted by Gasteiger charge is 2.38. The highest BCUT2D eigenvalue weighted by molar-refractivity contribution is 5.88. The van der Waals surface area contributed by atoms with E-state index < -0.39 is 6.04 Å². The molecule has 5 nitrogen and oxygen atoms in total. The van der Waals surface area contributed by atoms with Gasteiger partial charge in [-0.2, -0.15) is 0 Å². The lowest BCUT2D eigenvalue weighted by Gasteiger charge is -2.33. The maximum atomic E-state index is 13.3. The van der Waals surface area contributed by atoms with E-state index in [-0.39, 0.29) is 35.9 Å². The Balaban J connectivity index is 1.98. The Bertz CT molecular complexity index is 889. The smallest absolute Gasteiger partial charge is 0.240 e. The highest BCUT2D eigenvalue weighted by atomic mass is 16.2. The molecule has 1 aliphatic rings. The highest BCUT2D eigenvalue weighted by Crippen LogP contribution is 2.39. The number of hydrogen-bond donors (Lipinski definition) is 2. The van der Waals surface area contributed by atoms with Crippen molar-refractivity contribution in [2.75, 3.05) is 6.54 Å². The van der Waals surface area contributed by atoms with E-state index in [9.17, 15) is 9.59 Å². The van der Waals surface area contributed by atoms with Gasteiger partial charge in [0.05, 0.1) is 12.1 Å². The van der Waals surface area contributed by atoms with Gasteiger partial charge in [-0.15, -0.1) is 0 Å². The van der Waals surface area contributed by atoms with Crippen molar-refractivity contribution < 1.29 is 9.59 Å². The van der Waals surface area contributed by atoms with Gasteiger partial charge in [-0.05, 0) is 63.1 Å². The molecular weight excluding hydrogens is 374 g/mol. The second kappa shape index (κ2) is 9.00. The molecule has 2 aromatic carbocycles. The molecule has 30 heavy (non-hydrogen) atoms. The fourth-order valence-electron chi connectivity index (χ4n) is 4.36. The summed E-state index contributed by atoms with van der Waals surface area (Å²) < 4.78 is 0. The van der Waals surface area contributed by atoms with Crippen LogP contribution in [0.4, 0.5) is 0 Å². The van der Waals surface area contributed by atoms with Crippen LogP contribution in [0.3, 0.4) is 0 Å². The largest absolute Gasteiger partial charge is 0.350 e. The first-order valence-electron chi connectivity index (χ1n) is 10.6. The Morgan fingerprint density at radius 3 is 2.33 bits per heavy atom. The SMILES string of the molecule is Cc1ccccc1C1CC(N)C(=O)N(CC(=O)NC(C)(C)C)C(c2ccccc2)C1. The molecule has 2 aromatic rings. The van der Waals surface area contributed by atoms with E-state index in [0.717, 1.165) is 12.0 Å². The number of nitrogens with two attached hydrogens (primary N) is 1. The molecule has 2 amide bonds. The number of nitrogens with one attached hydrogen (secondary N) is 1. The molecular formula is C25H33N3O2. The topological polar surface area (TPSA) is 75.4 Å². The molecule has 1 fully saturated rings. The van der Waals surface area contributed by atoms with Crippen LogP contribution in [-0.2, 0) is 9.59 Å². The van der Waals surface area contributed by atoms with Gasteiger partial charge in [-0.3, -0.25) is 9.59 Å². The second-order valence-electron chi connectivity index (χ2n) is 9.32. The van der Waals surface area contributed by atoms with Crippen LogP contribution < -0.4 is 11.1 Å². The minimum Gasteiger partial charge on any atom is -0.350 e. The number of carbonyl (C=O) groups excluding carboxylic acids is 2. The summed E-state index contributed by atoms with van der Waals surface area (Å²) in [5.74, 6) is -0.187. The maximum absolute atomic E-state index is 13.3. The lowest BCUT2D eigenvalue weighted by Crippen LogP contribution is -2.50. The Morgan fingerprint density at radius 2 is 1.70 bits per heavy atom. The van der Waals surface area contributed by atoms with Gasteiger partial charge in [0.1, 0.15) is 6.54 Å². The number of rotatable bonds is 4. The van der Waals surface area contributed by atoms with Gasteiger partial charge in [0.25, 0.3) is 0 Å². The molecule has 3 unspecified atom stereocenters. The number of aryl methyl sites for hydroxylation is 1. The minimum absolute atomic E-state index is 0.00383. The van der Waals surface area contributed by atoms with Crippen LogP contribution in [0.25, 0.3) is 0 Å². The number of benzene rings is 2. The summed E-state index contributed by atoms with van der Waals surface area (Å²) in [6, 6.07) is 17.4. The second-order valence-corrected chi connectivity index (χ2v) is 9.32. The Kier molecular flexibility index (Phi) is 6.61. The van der Waals surface area contributed by atoms with Crippen molar-refractivity contribution >= 4 is 11.8 Å². The van der Waals surface area contributed by atoms with E-state index in [2.05, 4.69) is 24.4 Å². The van der Waals surface area contributed by atoms with Crippen molar-refractivity contribution in [3.63, 3.8) is 0 Å². The molecule has 0 saturated carbocycles. The molecule has 0 aromatic heterocycles. The van der Waals surface area contributed by atoms with Gasteiger partial charge >= 0.3 is 0 Å². The first-order chi connectivity index (χ1) is 14.2. The zero-order valence-electron chi connectivity index (χ0n) is 18.4. The molecule has 1 saturated heterocycles. The number of nitrogens with zero attached hydrogens (tertiary/aromatic N) is 1. The molecule has 0 radical (unpaired) electrons. The molecule has 1 heterocycles. The van der Waals surface area contributed by atoms with Gasteiger partial charge < -0.3 is 16.0 Å². The van der Waals surface area contributed by atoms with Crippen LogP contribution in [0.2, 0.25) is 0 Å². The van der Waals surface area contributed by atoms with E-state index in [0.29, 0.717) is 6.42 Å². The van der Waals surface area contributed by atoms with Crippen molar-refractivity contribution in [1.29, 1.82) is 0 Å². The number of likely N-dealkylation sites (tertiary alicyclic amines) is 1. The molecule has 160 valence electrons. The van der Waals surface area contributed by atoms with E-state index in [4.69, 9.17) is 5.73 Å². The summed E-state index contributed by atoms with van der Waals surface area (Å²) in [5, 5.41) is 2.97. The maximum Gasteiger partial charge on any atom is 0.240 e. The third-order valence-corrected chi connectivity index (χ3v) is 5.66. The van der Waals surface area contributed by atoms with Gasteiger partial charge in [0, 0.05) is 5.54 Å². The van der Waals surface area contributed by atoms with E-state index in [1.165, 1.54) is 11.1 Å². The normalized spacial score (nSPS) is 22.5. The summed E-state index contributed by atoms with van der Waals surface area (Å²) in [7, 11) is 0. The standard InChI is InChI=1S/C25H33N3O2/c1-17-10-8-9-13-20(17)19-14-21(26)24(30)28(16-23(29)27-25(2,3)4)22(15-19)18-11-6-5-7-12-18/h5-13,19,21-22H,14-16,26H2,1-4H3,(H,27,29). The van der Waals surface area contributed by atoms with Crippen LogP contribution in [0, 0.1) is 6.92 Å². The summed E-state index contributed by atoms with van der Waals surface area (Å²) in [4.78, 5) is 27.7. The predicted octanol–water partition coefficient (Wildman–Crippen LogP) is 3.68. The van der Waals surface area contributed by atoms with E-state index in [1.54, 1.807) is 4.90 Å². The molecule has 3 N–H and O–H groups in total. The Morgan fingerprint density at radius 1 is 1.07 bits per heavy atom. The molecule has 0 bridgehead atoms. The minimum atomic E-state index is -0.634. The number of hydrogen-bond acceptors (Lipinski definition) is 3. The lowest BCUT2D eigenvalue weighted by atomic mass is 9.84. The van der Waals surface area contributed by atoms with Gasteiger partial charge in [-0.1, -0.05) is 54.6 Å². The zero-order valence-corrected chi connectivity index (χ0v) is 18.4. The van der Waals surface area contributed by atoms with Gasteiger partial charge in [0.2, 0.25) is 11.8 Å². The van der Waals surface area contributed by atoms with Crippen molar-refractivity contribution in [1.82, 2.24) is 10.2 Å². The van der Waals surface area contributed by atoms with Crippen molar-refractivity contribution in [3.8, 4) is 0 Å². The van der Waals surface area contributed by atoms with Crippen molar-refractivity contribution in [3.05, 3.63) is 71.3 Å². The molecule has 0 aliphatic carbocycles. The molecule has 1 aliphatic heterocycles. The molecule has 3 rings (SSSR count). The van der Waals surface area contributed by atoms with Crippen molar-refractivity contribution in [2.24, 2.45) is 5.73 Å². The summed E-state index contributed by atoms with van der Waals surface area (Å²) in [6.07, 6.45) is 1.31. The third kappa shape index (κ3) is 5.28. The first-order valence-corrected chi connectivity index (χ1v) is 10.6. The predicted molar refractivity (Wildman–Crippen MR) is 120 cm³/mol. The van der Waals surface area contributed by atoms with Crippen LogP contribution in [0.1, 0.15) is 62.3 Å². The summed E-state index contributed by atoms with van der Waals surface area (Å²) in [5.41, 5.74) is 9.46. The van der Waals surface area contributed by atoms with Crippen LogP contribution >= 0.6 is 0 Å². The molecule has 3 atom stereocenters. The van der Waals surface area contributed by atoms with Gasteiger partial charge in [-0.25, -0.2) is 0 Å². The first kappa shape index (κ1) is 22.0. The average molecular weight is 408 g/mol. The Labute approximate surface area is 179 Å². The molecule has 0 spiro atoms. The third-order valence-electron chi connectivity index (χ3n) is 5.66.